The van der Waals surface area contributed by atoms with E-state index in [2.05, 4.69) is 15.9 Å². The zero-order valence-electron chi connectivity index (χ0n) is 10.5. The number of aromatic carboxylic acids is 1. The minimum atomic E-state index is -3.79. The summed E-state index contributed by atoms with van der Waals surface area (Å²) in [5.74, 6) is -1.64. The van der Waals surface area contributed by atoms with Gasteiger partial charge in [-0.15, -0.1) is 0 Å². The van der Waals surface area contributed by atoms with Crippen LogP contribution in [-0.4, -0.2) is 48.6 Å². The van der Waals surface area contributed by atoms with Gasteiger partial charge in [-0.3, -0.25) is 0 Å². The number of carboxylic acids is 1. The van der Waals surface area contributed by atoms with Crippen LogP contribution in [0.3, 0.4) is 0 Å². The molecule has 7 nitrogen and oxygen atoms in total. The number of aliphatic hydroxyl groups excluding tert-OH is 1. The molecule has 0 aromatic carbocycles. The first-order valence-electron chi connectivity index (χ1n) is 6.00. The molecular formula is C11H14BrNO6S. The van der Waals surface area contributed by atoms with E-state index in [1.54, 1.807) is 0 Å². The van der Waals surface area contributed by atoms with Crippen molar-refractivity contribution in [2.45, 2.75) is 17.7 Å². The number of halogens is 1. The van der Waals surface area contributed by atoms with Crippen LogP contribution in [0.1, 0.15) is 23.4 Å². The van der Waals surface area contributed by atoms with Crippen molar-refractivity contribution >= 4 is 31.9 Å². The molecule has 2 heterocycles. The molecule has 0 bridgehead atoms. The zero-order valence-corrected chi connectivity index (χ0v) is 12.9. The van der Waals surface area contributed by atoms with Gasteiger partial charge in [-0.25, -0.2) is 13.2 Å². The van der Waals surface area contributed by atoms with Crippen LogP contribution in [0.2, 0.25) is 0 Å². The summed E-state index contributed by atoms with van der Waals surface area (Å²) in [5, 5.41) is 17.9. The van der Waals surface area contributed by atoms with Crippen LogP contribution < -0.4 is 0 Å². The average Bonchev–Trinajstić information content (AvgIpc) is 2.82. The number of piperidine rings is 1. The van der Waals surface area contributed by atoms with E-state index in [9.17, 15) is 13.2 Å². The molecule has 0 aliphatic carbocycles. The predicted molar refractivity (Wildman–Crippen MR) is 71.9 cm³/mol. The monoisotopic (exact) mass is 367 g/mol. The second-order valence-electron chi connectivity index (χ2n) is 4.58. The molecule has 1 aliphatic rings. The fourth-order valence-electron chi connectivity index (χ4n) is 2.10. The van der Waals surface area contributed by atoms with Crippen molar-refractivity contribution < 1.29 is 27.8 Å². The third-order valence-corrected chi connectivity index (χ3v) is 6.07. The van der Waals surface area contributed by atoms with Crippen molar-refractivity contribution in [2.24, 2.45) is 5.92 Å². The lowest BCUT2D eigenvalue weighted by Crippen LogP contribution is -2.39. The Morgan fingerprint density at radius 1 is 1.45 bits per heavy atom. The molecule has 1 aromatic heterocycles. The number of carboxylic acid groups (broad SMARTS) is 1. The van der Waals surface area contributed by atoms with Crippen molar-refractivity contribution in [3.63, 3.8) is 0 Å². The number of carbonyl (C=O) groups is 1. The van der Waals surface area contributed by atoms with E-state index < -0.39 is 21.8 Å². The van der Waals surface area contributed by atoms with Gasteiger partial charge in [0.05, 0.1) is 0 Å². The highest BCUT2D eigenvalue weighted by molar-refractivity contribution is 9.10. The number of sulfonamides is 1. The van der Waals surface area contributed by atoms with E-state index in [0.717, 1.165) is 6.07 Å². The standard InChI is InChI=1S/C11H14BrNO6S/c12-10-9(5-8(19-10)11(15)16)20(17,18)13-3-1-7(6-14)2-4-13/h5,7,14H,1-4,6H2,(H,15,16). The average molecular weight is 368 g/mol. The highest BCUT2D eigenvalue weighted by Gasteiger charge is 2.33. The maximum Gasteiger partial charge on any atom is 0.371 e. The SMILES string of the molecule is O=C(O)c1cc(S(=O)(=O)N2CCC(CO)CC2)c(Br)o1. The number of rotatable bonds is 4. The highest BCUT2D eigenvalue weighted by atomic mass is 79.9. The summed E-state index contributed by atoms with van der Waals surface area (Å²) in [6.07, 6.45) is 1.16. The Labute approximate surface area is 124 Å². The quantitative estimate of drug-likeness (QED) is 0.825. The summed E-state index contributed by atoms with van der Waals surface area (Å²) in [4.78, 5) is 10.6. The number of aliphatic hydroxyl groups is 1. The number of hydrogen-bond acceptors (Lipinski definition) is 5. The minimum Gasteiger partial charge on any atom is -0.475 e. The lowest BCUT2D eigenvalue weighted by molar-refractivity contribution is 0.0661. The van der Waals surface area contributed by atoms with Gasteiger partial charge in [0.25, 0.3) is 0 Å². The molecule has 112 valence electrons. The molecule has 0 radical (unpaired) electrons. The molecule has 2 N–H and O–H groups in total. The Kier molecular flexibility index (Phi) is 4.52. The van der Waals surface area contributed by atoms with Crippen molar-refractivity contribution in [2.75, 3.05) is 19.7 Å². The molecule has 2 rings (SSSR count). The highest BCUT2D eigenvalue weighted by Crippen LogP contribution is 2.31. The van der Waals surface area contributed by atoms with E-state index in [-0.39, 0.29) is 22.1 Å². The van der Waals surface area contributed by atoms with Crippen LogP contribution in [0, 0.1) is 5.92 Å². The zero-order chi connectivity index (χ0) is 14.9. The number of hydrogen-bond donors (Lipinski definition) is 2. The van der Waals surface area contributed by atoms with Gasteiger partial charge in [0.1, 0.15) is 4.90 Å². The van der Waals surface area contributed by atoms with E-state index in [1.807, 2.05) is 0 Å². The maximum atomic E-state index is 12.4. The lowest BCUT2D eigenvalue weighted by Gasteiger charge is -2.29. The first-order valence-corrected chi connectivity index (χ1v) is 8.23. The molecular weight excluding hydrogens is 354 g/mol. The Morgan fingerprint density at radius 2 is 2.05 bits per heavy atom. The molecule has 0 amide bonds. The Hall–Kier alpha value is -0.900. The fraction of sp³-hybridized carbons (Fsp3) is 0.545. The number of nitrogens with zero attached hydrogens (tertiary/aromatic N) is 1. The fourth-order valence-corrected chi connectivity index (χ4v) is 4.48. The molecule has 1 aliphatic heterocycles. The van der Waals surface area contributed by atoms with Gasteiger partial charge >= 0.3 is 5.97 Å². The lowest BCUT2D eigenvalue weighted by atomic mass is 10.00. The normalized spacial score (nSPS) is 18.3. The van der Waals surface area contributed by atoms with Gasteiger partial charge in [-0.05, 0) is 34.7 Å². The van der Waals surface area contributed by atoms with Crippen molar-refractivity contribution in [1.82, 2.24) is 4.31 Å². The molecule has 0 spiro atoms. The van der Waals surface area contributed by atoms with Crippen molar-refractivity contribution in [3.8, 4) is 0 Å². The second-order valence-corrected chi connectivity index (χ2v) is 7.21. The summed E-state index contributed by atoms with van der Waals surface area (Å²) in [7, 11) is -3.79. The van der Waals surface area contributed by atoms with Crippen LogP contribution in [0.4, 0.5) is 0 Å². The molecule has 0 atom stereocenters. The Morgan fingerprint density at radius 3 is 2.50 bits per heavy atom. The van der Waals surface area contributed by atoms with Gasteiger partial charge in [0, 0.05) is 25.8 Å². The molecule has 0 unspecified atom stereocenters. The van der Waals surface area contributed by atoms with Crippen LogP contribution in [0.5, 0.6) is 0 Å². The van der Waals surface area contributed by atoms with Gasteiger partial charge in [-0.2, -0.15) is 4.31 Å². The molecule has 9 heteroatoms. The van der Waals surface area contributed by atoms with E-state index >= 15 is 0 Å². The molecule has 1 fully saturated rings. The third kappa shape index (κ3) is 2.90. The van der Waals surface area contributed by atoms with E-state index in [1.165, 1.54) is 4.31 Å². The smallest absolute Gasteiger partial charge is 0.371 e. The van der Waals surface area contributed by atoms with E-state index in [0.29, 0.717) is 25.9 Å². The van der Waals surface area contributed by atoms with Crippen LogP contribution >= 0.6 is 15.9 Å². The third-order valence-electron chi connectivity index (χ3n) is 3.32. The number of furan rings is 1. The molecule has 20 heavy (non-hydrogen) atoms. The second kappa shape index (κ2) is 5.84. The van der Waals surface area contributed by atoms with Gasteiger partial charge in [0.15, 0.2) is 4.67 Å². The summed E-state index contributed by atoms with van der Waals surface area (Å²) >= 11 is 2.94. The first-order chi connectivity index (χ1) is 9.36. The van der Waals surface area contributed by atoms with Gasteiger partial charge in [0.2, 0.25) is 15.8 Å². The van der Waals surface area contributed by atoms with E-state index in [4.69, 9.17) is 14.6 Å². The van der Waals surface area contributed by atoms with Crippen molar-refractivity contribution in [3.05, 3.63) is 16.5 Å². The minimum absolute atomic E-state index is 0.0481. The largest absolute Gasteiger partial charge is 0.475 e. The summed E-state index contributed by atoms with van der Waals surface area (Å²) in [6, 6.07) is 1.000. The Balaban J connectivity index is 2.25. The molecule has 1 saturated heterocycles. The van der Waals surface area contributed by atoms with Crippen LogP contribution in [0.15, 0.2) is 20.0 Å². The topological polar surface area (TPSA) is 108 Å². The summed E-state index contributed by atoms with van der Waals surface area (Å²) < 4.78 is 30.9. The van der Waals surface area contributed by atoms with Crippen LogP contribution in [-0.2, 0) is 10.0 Å². The van der Waals surface area contributed by atoms with Crippen molar-refractivity contribution in [1.29, 1.82) is 0 Å². The van der Waals surface area contributed by atoms with Crippen LogP contribution in [0.25, 0.3) is 0 Å². The summed E-state index contributed by atoms with van der Waals surface area (Å²) in [6.45, 7) is 0.646. The maximum absolute atomic E-state index is 12.4. The summed E-state index contributed by atoms with van der Waals surface area (Å²) in [5.41, 5.74) is 0. The molecule has 0 saturated carbocycles. The first kappa shape index (κ1) is 15.5. The van der Waals surface area contributed by atoms with Gasteiger partial charge < -0.3 is 14.6 Å². The van der Waals surface area contributed by atoms with Gasteiger partial charge in [-0.1, -0.05) is 0 Å². The Bertz CT molecular complexity index is 602. The molecule has 1 aromatic rings. The predicted octanol–water partition coefficient (Wildman–Crippen LogP) is 1.13.